The lowest BCUT2D eigenvalue weighted by molar-refractivity contribution is 0.483. The van der Waals surface area contributed by atoms with Crippen molar-refractivity contribution in [2.45, 2.75) is 31.7 Å². The molecule has 0 heterocycles. The van der Waals surface area contributed by atoms with Crippen molar-refractivity contribution in [3.63, 3.8) is 0 Å². The quantitative estimate of drug-likeness (QED) is 0.371. The van der Waals surface area contributed by atoms with E-state index in [1.165, 1.54) is 15.9 Å². The van der Waals surface area contributed by atoms with E-state index in [-0.39, 0.29) is 0 Å². The second kappa shape index (κ2) is 8.76. The molecule has 0 aliphatic heterocycles. The Balaban J connectivity index is 1.89. The molecule has 0 bridgehead atoms. The van der Waals surface area contributed by atoms with E-state index < -0.39 is 16.4 Å². The molecule has 28 heavy (non-hydrogen) atoms. The Morgan fingerprint density at radius 1 is 0.643 bits per heavy atom. The van der Waals surface area contributed by atoms with Crippen LogP contribution in [0.4, 0.5) is 0 Å². The van der Waals surface area contributed by atoms with Crippen LogP contribution in [0.5, 0.6) is 0 Å². The van der Waals surface area contributed by atoms with Gasteiger partial charge in [0.25, 0.3) is 8.32 Å². The summed E-state index contributed by atoms with van der Waals surface area (Å²) in [6.07, 6.45) is 4.28. The third-order valence-corrected chi connectivity index (χ3v) is 11.9. The Hall–Kier alpha value is -2.37. The van der Waals surface area contributed by atoms with Gasteiger partial charge in [-0.15, -0.1) is 0 Å². The molecule has 0 radical (unpaired) electrons. The Bertz CT molecular complexity index is 888. The smallest absolute Gasteiger partial charge is 0.276 e. The first-order valence-electron chi connectivity index (χ1n) is 9.92. The second-order valence-electron chi connectivity index (χ2n) is 8.30. The van der Waals surface area contributed by atoms with Crippen LogP contribution in [-0.4, -0.2) is 16.4 Å². The summed E-state index contributed by atoms with van der Waals surface area (Å²) in [5.41, 5.74) is 1.72. The van der Waals surface area contributed by atoms with Gasteiger partial charge in [-0.2, -0.15) is 0 Å². The third kappa shape index (κ3) is 4.72. The van der Waals surface area contributed by atoms with Crippen molar-refractivity contribution in [2.75, 3.05) is 0 Å². The van der Waals surface area contributed by atoms with Crippen molar-refractivity contribution in [1.29, 1.82) is 0 Å². The van der Waals surface area contributed by atoms with Crippen LogP contribution in [0.25, 0.3) is 0 Å². The highest BCUT2D eigenvalue weighted by molar-refractivity contribution is 6.91. The maximum Gasteiger partial charge on any atom is 0.276 e. The van der Waals surface area contributed by atoms with Gasteiger partial charge in [0.05, 0.1) is 14.3 Å². The van der Waals surface area contributed by atoms with Gasteiger partial charge in [-0.05, 0) is 29.9 Å². The highest BCUT2D eigenvalue weighted by Crippen LogP contribution is 2.28. The van der Waals surface area contributed by atoms with Gasteiger partial charge in [-0.3, -0.25) is 0 Å². The second-order valence-corrected chi connectivity index (χ2v) is 16.8. The summed E-state index contributed by atoms with van der Waals surface area (Å²) in [5.74, 6) is 0. The first-order valence-corrected chi connectivity index (χ1v) is 15.9. The van der Waals surface area contributed by atoms with Gasteiger partial charge < -0.3 is 4.43 Å². The van der Waals surface area contributed by atoms with E-state index in [2.05, 4.69) is 123 Å². The Kier molecular flexibility index (Phi) is 6.37. The fraction of sp³-hybridized carbons (Fsp3) is 0.200. The lowest BCUT2D eigenvalue weighted by atomic mass is 10.1. The first-order chi connectivity index (χ1) is 13.4. The summed E-state index contributed by atoms with van der Waals surface area (Å²) in [7, 11) is -3.73. The van der Waals surface area contributed by atoms with E-state index in [0.29, 0.717) is 5.54 Å². The normalized spacial score (nSPS) is 13.4. The van der Waals surface area contributed by atoms with Crippen molar-refractivity contribution in [3.8, 4) is 0 Å². The zero-order valence-corrected chi connectivity index (χ0v) is 19.3. The SMILES string of the molecule is C[Si](C)(O/C=C\C(c1ccccc1)[Si](C)(C)c1ccccc1)c1ccccc1. The number of benzene rings is 3. The zero-order valence-electron chi connectivity index (χ0n) is 17.3. The Morgan fingerprint density at radius 3 is 1.64 bits per heavy atom. The number of rotatable bonds is 7. The summed E-state index contributed by atoms with van der Waals surface area (Å²) in [6.45, 7) is 9.40. The minimum Gasteiger partial charge on any atom is -0.545 e. The van der Waals surface area contributed by atoms with Crippen LogP contribution in [0.2, 0.25) is 26.2 Å². The molecular weight excluding hydrogens is 372 g/mol. The molecule has 1 unspecified atom stereocenters. The van der Waals surface area contributed by atoms with Crippen LogP contribution in [-0.2, 0) is 4.43 Å². The highest BCUT2D eigenvalue weighted by Gasteiger charge is 2.33. The van der Waals surface area contributed by atoms with Crippen LogP contribution in [0.15, 0.2) is 103 Å². The van der Waals surface area contributed by atoms with Gasteiger partial charge >= 0.3 is 0 Å². The molecular formula is C25H30OSi2. The third-order valence-electron chi connectivity index (χ3n) is 5.56. The monoisotopic (exact) mass is 402 g/mol. The minimum absolute atomic E-state index is 0.358. The van der Waals surface area contributed by atoms with E-state index in [1.807, 2.05) is 6.26 Å². The molecule has 0 fully saturated rings. The molecule has 0 aromatic heterocycles. The molecule has 0 aliphatic carbocycles. The maximum absolute atomic E-state index is 6.38. The summed E-state index contributed by atoms with van der Waals surface area (Å²) in [5, 5.41) is 2.78. The van der Waals surface area contributed by atoms with Crippen LogP contribution in [0.3, 0.4) is 0 Å². The largest absolute Gasteiger partial charge is 0.545 e. The fourth-order valence-electron chi connectivity index (χ4n) is 3.67. The lowest BCUT2D eigenvalue weighted by Gasteiger charge is -2.32. The molecule has 1 atom stereocenters. The van der Waals surface area contributed by atoms with E-state index in [1.54, 1.807) is 0 Å². The molecule has 0 saturated heterocycles. The molecule has 144 valence electrons. The average Bonchev–Trinajstić information content (AvgIpc) is 2.73. The summed E-state index contributed by atoms with van der Waals surface area (Å²) < 4.78 is 6.38. The molecule has 3 heteroatoms. The van der Waals surface area contributed by atoms with Crippen molar-refractivity contribution in [2.24, 2.45) is 0 Å². The summed E-state index contributed by atoms with van der Waals surface area (Å²) >= 11 is 0. The van der Waals surface area contributed by atoms with E-state index in [0.717, 1.165) is 0 Å². The zero-order chi connectivity index (χ0) is 20.0. The molecule has 0 spiro atoms. The Morgan fingerprint density at radius 2 is 1.11 bits per heavy atom. The molecule has 3 rings (SSSR count). The predicted octanol–water partition coefficient (Wildman–Crippen LogP) is 5.57. The molecule has 1 nitrogen and oxygen atoms in total. The maximum atomic E-state index is 6.38. The van der Waals surface area contributed by atoms with Crippen molar-refractivity contribution >= 4 is 26.8 Å². The predicted molar refractivity (Wildman–Crippen MR) is 127 cm³/mol. The number of hydrogen-bond acceptors (Lipinski definition) is 1. The molecule has 0 amide bonds. The molecule has 3 aromatic rings. The number of allylic oxidation sites excluding steroid dienone is 1. The van der Waals surface area contributed by atoms with Gasteiger partial charge in [-0.1, -0.05) is 109 Å². The molecule has 0 N–H and O–H groups in total. The van der Waals surface area contributed by atoms with Gasteiger partial charge in [0, 0.05) is 5.54 Å². The van der Waals surface area contributed by atoms with Crippen LogP contribution < -0.4 is 10.4 Å². The van der Waals surface area contributed by atoms with Gasteiger partial charge in [-0.25, -0.2) is 0 Å². The summed E-state index contributed by atoms with van der Waals surface area (Å²) in [6, 6.07) is 32.4. The summed E-state index contributed by atoms with van der Waals surface area (Å²) in [4.78, 5) is 0. The van der Waals surface area contributed by atoms with Crippen LogP contribution in [0.1, 0.15) is 11.1 Å². The highest BCUT2D eigenvalue weighted by atomic mass is 28.4. The van der Waals surface area contributed by atoms with Crippen LogP contribution >= 0.6 is 0 Å². The van der Waals surface area contributed by atoms with E-state index >= 15 is 0 Å². The van der Waals surface area contributed by atoms with Crippen molar-refractivity contribution in [1.82, 2.24) is 0 Å². The molecule has 0 saturated carbocycles. The standard InChI is InChI=1S/C25H30OSi2/c1-27(2,23-16-10-6-11-17-23)25(22-14-8-5-9-15-22)20-21-26-28(3,4)24-18-12-7-13-19-24/h5-21,25H,1-4H3/b21-20-. The van der Waals surface area contributed by atoms with Gasteiger partial charge in [0.15, 0.2) is 0 Å². The topological polar surface area (TPSA) is 9.23 Å². The van der Waals surface area contributed by atoms with Crippen molar-refractivity contribution < 1.29 is 4.43 Å². The Labute approximate surface area is 171 Å². The lowest BCUT2D eigenvalue weighted by Crippen LogP contribution is -2.47. The molecule has 3 aromatic carbocycles. The fourth-order valence-corrected chi connectivity index (χ4v) is 8.22. The van der Waals surface area contributed by atoms with E-state index in [4.69, 9.17) is 4.43 Å². The van der Waals surface area contributed by atoms with Crippen LogP contribution in [0, 0.1) is 0 Å². The molecule has 0 aliphatic rings. The van der Waals surface area contributed by atoms with E-state index in [9.17, 15) is 0 Å². The first kappa shape index (κ1) is 20.4. The number of hydrogen-bond donors (Lipinski definition) is 0. The van der Waals surface area contributed by atoms with Gasteiger partial charge in [0.1, 0.15) is 0 Å². The van der Waals surface area contributed by atoms with Crippen molar-refractivity contribution in [3.05, 3.63) is 109 Å². The minimum atomic E-state index is -1.96. The average molecular weight is 403 g/mol. The van der Waals surface area contributed by atoms with Gasteiger partial charge in [0.2, 0.25) is 0 Å².